The molecule has 1 aliphatic rings. The van der Waals surface area contributed by atoms with Gasteiger partial charge in [-0.05, 0) is 30.1 Å². The first-order valence-electron chi connectivity index (χ1n) is 8.97. The van der Waals surface area contributed by atoms with Gasteiger partial charge >= 0.3 is 0 Å². The van der Waals surface area contributed by atoms with E-state index in [4.69, 9.17) is 10.7 Å². The van der Waals surface area contributed by atoms with Crippen LogP contribution >= 0.6 is 12.4 Å². The Morgan fingerprint density at radius 2 is 1.65 bits per heavy atom. The summed E-state index contributed by atoms with van der Waals surface area (Å²) in [5.74, 6) is 1.10. The van der Waals surface area contributed by atoms with Crippen LogP contribution in [0.15, 0.2) is 54.6 Å². The average Bonchev–Trinajstić information content (AvgIpc) is 2.68. The molecule has 0 atom stereocenters. The van der Waals surface area contributed by atoms with E-state index in [2.05, 4.69) is 47.1 Å². The number of hydrogen-bond donors (Lipinski definition) is 1. The molecule has 4 nitrogen and oxygen atoms in total. The summed E-state index contributed by atoms with van der Waals surface area (Å²) < 4.78 is 0. The monoisotopic (exact) mass is 368 g/mol. The number of hydrogen-bond acceptors (Lipinski definition) is 4. The second-order valence-electron chi connectivity index (χ2n) is 6.60. The van der Waals surface area contributed by atoms with E-state index in [0.29, 0.717) is 0 Å². The molecule has 0 aliphatic carbocycles. The van der Waals surface area contributed by atoms with Crippen molar-refractivity contribution in [2.75, 3.05) is 43.4 Å². The molecule has 136 valence electrons. The van der Waals surface area contributed by atoms with E-state index in [0.717, 1.165) is 55.5 Å². The molecule has 0 unspecified atom stereocenters. The number of piperazine rings is 1. The van der Waals surface area contributed by atoms with E-state index in [-0.39, 0.29) is 12.4 Å². The van der Waals surface area contributed by atoms with Gasteiger partial charge in [0.2, 0.25) is 0 Å². The molecule has 1 aromatic heterocycles. The van der Waals surface area contributed by atoms with E-state index < -0.39 is 0 Å². The van der Waals surface area contributed by atoms with Gasteiger partial charge in [-0.25, -0.2) is 4.98 Å². The van der Waals surface area contributed by atoms with Crippen molar-refractivity contribution in [2.45, 2.75) is 6.92 Å². The number of anilines is 2. The van der Waals surface area contributed by atoms with Crippen LogP contribution in [0.1, 0.15) is 6.92 Å². The molecule has 0 spiro atoms. The summed E-state index contributed by atoms with van der Waals surface area (Å²) in [5.41, 5.74) is 8.72. The SMILES string of the molecule is CCN1CCN(c2nc(-c3ccc(N)cc3)cc3ccccc23)CC1.Cl. The number of nitrogens with zero attached hydrogens (tertiary/aromatic N) is 3. The molecule has 1 saturated heterocycles. The van der Waals surface area contributed by atoms with Crippen molar-refractivity contribution < 1.29 is 0 Å². The maximum atomic E-state index is 5.83. The first-order chi connectivity index (χ1) is 12.2. The zero-order valence-corrected chi connectivity index (χ0v) is 15.9. The Balaban J connectivity index is 0.00000196. The minimum atomic E-state index is 0. The van der Waals surface area contributed by atoms with Gasteiger partial charge in [-0.1, -0.05) is 43.3 Å². The highest BCUT2D eigenvalue weighted by atomic mass is 35.5. The zero-order chi connectivity index (χ0) is 17.2. The van der Waals surface area contributed by atoms with Crippen LogP contribution in [0.2, 0.25) is 0 Å². The fourth-order valence-electron chi connectivity index (χ4n) is 3.50. The van der Waals surface area contributed by atoms with Crippen LogP contribution in [0.3, 0.4) is 0 Å². The molecule has 0 amide bonds. The molecular weight excluding hydrogens is 344 g/mol. The standard InChI is InChI=1S/C21H24N4.ClH/c1-2-24-11-13-25(14-12-24)21-19-6-4-3-5-17(19)15-20(23-21)16-7-9-18(22)10-8-16;/h3-10,15H,2,11-14,22H2,1H3;1H. The first kappa shape index (κ1) is 18.5. The molecule has 4 rings (SSSR count). The smallest absolute Gasteiger partial charge is 0.137 e. The Bertz CT molecular complexity index is 871. The van der Waals surface area contributed by atoms with E-state index in [1.54, 1.807) is 0 Å². The summed E-state index contributed by atoms with van der Waals surface area (Å²) in [5, 5.41) is 2.46. The van der Waals surface area contributed by atoms with Gasteiger partial charge in [0.25, 0.3) is 0 Å². The quantitative estimate of drug-likeness (QED) is 0.708. The van der Waals surface area contributed by atoms with Crippen LogP contribution in [0.4, 0.5) is 11.5 Å². The van der Waals surface area contributed by atoms with Crippen LogP contribution < -0.4 is 10.6 Å². The topological polar surface area (TPSA) is 45.4 Å². The van der Waals surface area contributed by atoms with Crippen molar-refractivity contribution in [3.63, 3.8) is 0 Å². The molecule has 1 aliphatic heterocycles. The summed E-state index contributed by atoms with van der Waals surface area (Å²) in [6.45, 7) is 7.59. The Labute approximate surface area is 161 Å². The number of benzene rings is 2. The Hall–Kier alpha value is -2.30. The average molecular weight is 369 g/mol. The number of pyridine rings is 1. The summed E-state index contributed by atoms with van der Waals surface area (Å²) in [7, 11) is 0. The molecule has 26 heavy (non-hydrogen) atoms. The third-order valence-corrected chi connectivity index (χ3v) is 5.05. The fourth-order valence-corrected chi connectivity index (χ4v) is 3.50. The van der Waals surface area contributed by atoms with Gasteiger partial charge in [-0.15, -0.1) is 12.4 Å². The minimum Gasteiger partial charge on any atom is -0.399 e. The number of likely N-dealkylation sites (N-methyl/N-ethyl adjacent to an activating group) is 1. The van der Waals surface area contributed by atoms with Crippen molar-refractivity contribution >= 4 is 34.7 Å². The lowest BCUT2D eigenvalue weighted by molar-refractivity contribution is 0.271. The van der Waals surface area contributed by atoms with Crippen molar-refractivity contribution in [3.05, 3.63) is 54.6 Å². The molecule has 3 aromatic rings. The van der Waals surface area contributed by atoms with Gasteiger partial charge in [0.05, 0.1) is 5.69 Å². The lowest BCUT2D eigenvalue weighted by Gasteiger charge is -2.35. The lowest BCUT2D eigenvalue weighted by Crippen LogP contribution is -2.46. The summed E-state index contributed by atoms with van der Waals surface area (Å²) in [6, 6.07) is 18.7. The number of aromatic nitrogens is 1. The molecule has 0 radical (unpaired) electrons. The highest BCUT2D eigenvalue weighted by molar-refractivity contribution is 5.95. The molecule has 0 bridgehead atoms. The van der Waals surface area contributed by atoms with Gasteiger partial charge in [0, 0.05) is 42.8 Å². The molecule has 2 aromatic carbocycles. The van der Waals surface area contributed by atoms with Crippen molar-refractivity contribution in [1.29, 1.82) is 0 Å². The van der Waals surface area contributed by atoms with E-state index >= 15 is 0 Å². The predicted molar refractivity (Wildman–Crippen MR) is 113 cm³/mol. The van der Waals surface area contributed by atoms with E-state index in [1.807, 2.05) is 24.3 Å². The summed E-state index contributed by atoms with van der Waals surface area (Å²) in [6.07, 6.45) is 0. The Kier molecular flexibility index (Phi) is 5.64. The maximum Gasteiger partial charge on any atom is 0.137 e. The largest absolute Gasteiger partial charge is 0.399 e. The number of rotatable bonds is 3. The fraction of sp³-hybridized carbons (Fsp3) is 0.286. The van der Waals surface area contributed by atoms with Gasteiger partial charge in [-0.3, -0.25) is 0 Å². The molecule has 0 saturated carbocycles. The number of nitrogen functional groups attached to an aromatic ring is 1. The van der Waals surface area contributed by atoms with E-state index in [9.17, 15) is 0 Å². The van der Waals surface area contributed by atoms with Crippen LogP contribution in [0.25, 0.3) is 22.0 Å². The Morgan fingerprint density at radius 3 is 2.35 bits per heavy atom. The van der Waals surface area contributed by atoms with Crippen LogP contribution in [0, 0.1) is 0 Å². The van der Waals surface area contributed by atoms with Crippen LogP contribution in [0.5, 0.6) is 0 Å². The lowest BCUT2D eigenvalue weighted by atomic mass is 10.1. The van der Waals surface area contributed by atoms with Crippen molar-refractivity contribution in [1.82, 2.24) is 9.88 Å². The molecule has 5 heteroatoms. The predicted octanol–water partition coefficient (Wildman–Crippen LogP) is 4.05. The zero-order valence-electron chi connectivity index (χ0n) is 15.1. The maximum absolute atomic E-state index is 5.83. The number of fused-ring (bicyclic) bond motifs is 1. The molecule has 2 N–H and O–H groups in total. The number of nitrogens with two attached hydrogens (primary N) is 1. The van der Waals surface area contributed by atoms with Gasteiger partial charge in [0.15, 0.2) is 0 Å². The second-order valence-corrected chi connectivity index (χ2v) is 6.60. The van der Waals surface area contributed by atoms with Crippen LogP contribution in [-0.4, -0.2) is 42.6 Å². The molecular formula is C21H25ClN4. The summed E-state index contributed by atoms with van der Waals surface area (Å²) >= 11 is 0. The molecule has 1 fully saturated rings. The third-order valence-electron chi connectivity index (χ3n) is 5.05. The highest BCUT2D eigenvalue weighted by Crippen LogP contribution is 2.30. The summed E-state index contributed by atoms with van der Waals surface area (Å²) in [4.78, 5) is 9.96. The number of halogens is 1. The second kappa shape index (κ2) is 7.94. The highest BCUT2D eigenvalue weighted by Gasteiger charge is 2.19. The van der Waals surface area contributed by atoms with Crippen LogP contribution in [-0.2, 0) is 0 Å². The minimum absolute atomic E-state index is 0. The van der Waals surface area contributed by atoms with Crippen molar-refractivity contribution in [2.24, 2.45) is 0 Å². The molecule has 2 heterocycles. The van der Waals surface area contributed by atoms with Gasteiger partial charge < -0.3 is 15.5 Å². The normalized spacial score (nSPS) is 15.0. The third kappa shape index (κ3) is 3.62. The van der Waals surface area contributed by atoms with Gasteiger partial charge in [0.1, 0.15) is 5.82 Å². The van der Waals surface area contributed by atoms with Crippen molar-refractivity contribution in [3.8, 4) is 11.3 Å². The first-order valence-corrected chi connectivity index (χ1v) is 8.97. The van der Waals surface area contributed by atoms with Gasteiger partial charge in [-0.2, -0.15) is 0 Å². The van der Waals surface area contributed by atoms with E-state index in [1.165, 1.54) is 10.8 Å². The Morgan fingerprint density at radius 1 is 0.962 bits per heavy atom.